The molecule has 0 aliphatic carbocycles. The Morgan fingerprint density at radius 3 is 2.79 bits per heavy atom. The second-order valence-corrected chi connectivity index (χ2v) is 6.64. The third-order valence-electron chi connectivity index (χ3n) is 4.52. The lowest BCUT2D eigenvalue weighted by Gasteiger charge is -2.23. The van der Waals surface area contributed by atoms with E-state index in [1.807, 2.05) is 30.3 Å². The molecule has 0 aliphatic heterocycles. The number of benzene rings is 2. The zero-order chi connectivity index (χ0) is 20.6. The average Bonchev–Trinajstić information content (AvgIpc) is 3.19. The minimum absolute atomic E-state index is 0.0214. The van der Waals surface area contributed by atoms with Crippen molar-refractivity contribution in [2.45, 2.75) is 20.4 Å². The normalized spacial score (nSPS) is 10.6. The predicted molar refractivity (Wildman–Crippen MR) is 112 cm³/mol. The summed E-state index contributed by atoms with van der Waals surface area (Å²) in [4.78, 5) is 15.8. The molecule has 0 saturated heterocycles. The summed E-state index contributed by atoms with van der Waals surface area (Å²) < 4.78 is 5.21. The van der Waals surface area contributed by atoms with E-state index in [0.29, 0.717) is 18.1 Å². The van der Waals surface area contributed by atoms with Gasteiger partial charge in [0.05, 0.1) is 7.11 Å². The largest absolute Gasteiger partial charge is 0.497 e. The minimum Gasteiger partial charge on any atom is -0.497 e. The molecule has 0 saturated carbocycles. The quantitative estimate of drug-likeness (QED) is 0.599. The third-order valence-corrected chi connectivity index (χ3v) is 4.52. The zero-order valence-electron chi connectivity index (χ0n) is 17.0. The number of aryl methyl sites for hydroxylation is 1. The first-order chi connectivity index (χ1) is 14.1. The Balaban J connectivity index is 1.51. The molecule has 0 fully saturated rings. The molecule has 1 amide bonds. The first-order valence-corrected chi connectivity index (χ1v) is 9.59. The second kappa shape index (κ2) is 9.68. The van der Waals surface area contributed by atoms with Crippen LogP contribution in [0.4, 0.5) is 5.69 Å². The molecule has 3 aromatic rings. The van der Waals surface area contributed by atoms with E-state index in [2.05, 4.69) is 57.7 Å². The first kappa shape index (κ1) is 20.3. The average molecular weight is 394 g/mol. The summed E-state index contributed by atoms with van der Waals surface area (Å²) in [6.07, 6.45) is 0. The summed E-state index contributed by atoms with van der Waals surface area (Å²) in [6.45, 7) is 6.33. The van der Waals surface area contributed by atoms with Gasteiger partial charge < -0.3 is 15.0 Å². The van der Waals surface area contributed by atoms with Crippen LogP contribution in [0.3, 0.4) is 0 Å². The number of anilines is 1. The van der Waals surface area contributed by atoms with Gasteiger partial charge in [0.1, 0.15) is 12.3 Å². The fourth-order valence-electron chi connectivity index (χ4n) is 3.00. The van der Waals surface area contributed by atoms with Crippen LogP contribution in [0.25, 0.3) is 11.4 Å². The third kappa shape index (κ3) is 5.54. The summed E-state index contributed by atoms with van der Waals surface area (Å²) in [6, 6.07) is 15.7. The Kier molecular flexibility index (Phi) is 6.78. The summed E-state index contributed by atoms with van der Waals surface area (Å²) in [5, 5.41) is 15.2. The fraction of sp³-hybridized carbons (Fsp3) is 0.333. The van der Waals surface area contributed by atoms with Crippen LogP contribution in [-0.4, -0.2) is 52.9 Å². The molecule has 0 bridgehead atoms. The number of ether oxygens (including phenoxy) is 1. The number of rotatable bonds is 9. The van der Waals surface area contributed by atoms with E-state index >= 15 is 0 Å². The van der Waals surface area contributed by atoms with E-state index in [0.717, 1.165) is 24.3 Å². The van der Waals surface area contributed by atoms with Gasteiger partial charge in [0, 0.05) is 30.9 Å². The number of hydrogen-bond donors (Lipinski definition) is 1. The van der Waals surface area contributed by atoms with Gasteiger partial charge in [-0.15, -0.1) is 10.2 Å². The lowest BCUT2D eigenvalue weighted by Crippen LogP contribution is -2.36. The maximum absolute atomic E-state index is 12.2. The molecule has 1 aromatic heterocycles. The van der Waals surface area contributed by atoms with Crippen molar-refractivity contribution in [2.75, 3.05) is 31.6 Å². The lowest BCUT2D eigenvalue weighted by atomic mass is 10.2. The molecule has 1 heterocycles. The van der Waals surface area contributed by atoms with Crippen molar-refractivity contribution in [3.8, 4) is 17.1 Å². The molecule has 8 heteroatoms. The Hall–Kier alpha value is -3.42. The topological polar surface area (TPSA) is 85.2 Å². The van der Waals surface area contributed by atoms with Crippen LogP contribution < -0.4 is 15.0 Å². The molecule has 0 atom stereocenters. The van der Waals surface area contributed by atoms with E-state index in [4.69, 9.17) is 4.74 Å². The van der Waals surface area contributed by atoms with Gasteiger partial charge in [0.15, 0.2) is 0 Å². The highest BCUT2D eigenvalue weighted by molar-refractivity contribution is 5.75. The summed E-state index contributed by atoms with van der Waals surface area (Å²) >= 11 is 0. The minimum atomic E-state index is -0.153. The van der Waals surface area contributed by atoms with Gasteiger partial charge in [-0.25, -0.2) is 0 Å². The van der Waals surface area contributed by atoms with Gasteiger partial charge in [-0.1, -0.05) is 24.3 Å². The Morgan fingerprint density at radius 2 is 2.03 bits per heavy atom. The highest BCUT2D eigenvalue weighted by atomic mass is 16.5. The molecule has 0 aliphatic rings. The molecule has 0 spiro atoms. The molecule has 0 unspecified atom stereocenters. The molecule has 1 N–H and O–H groups in total. The molecule has 29 heavy (non-hydrogen) atoms. The van der Waals surface area contributed by atoms with Crippen molar-refractivity contribution in [1.82, 2.24) is 25.5 Å². The number of aromatic nitrogens is 4. The lowest BCUT2D eigenvalue weighted by molar-refractivity contribution is -0.122. The summed E-state index contributed by atoms with van der Waals surface area (Å²) in [7, 11) is 1.60. The molecule has 0 radical (unpaired) electrons. The molecular weight excluding hydrogens is 368 g/mol. The van der Waals surface area contributed by atoms with Crippen LogP contribution in [0.2, 0.25) is 0 Å². The maximum atomic E-state index is 12.2. The second-order valence-electron chi connectivity index (χ2n) is 6.64. The van der Waals surface area contributed by atoms with Gasteiger partial charge in [-0.05, 0) is 48.9 Å². The van der Waals surface area contributed by atoms with Gasteiger partial charge in [0.25, 0.3) is 0 Å². The molecule has 152 valence electrons. The fourth-order valence-corrected chi connectivity index (χ4v) is 3.00. The van der Waals surface area contributed by atoms with Gasteiger partial charge >= 0.3 is 0 Å². The van der Waals surface area contributed by atoms with Crippen molar-refractivity contribution in [3.05, 3.63) is 54.1 Å². The summed E-state index contributed by atoms with van der Waals surface area (Å²) in [5.41, 5.74) is 3.16. The van der Waals surface area contributed by atoms with Gasteiger partial charge in [0.2, 0.25) is 11.7 Å². The number of hydrogen-bond acceptors (Lipinski definition) is 6. The number of amides is 1. The predicted octanol–water partition coefficient (Wildman–Crippen LogP) is 2.30. The van der Waals surface area contributed by atoms with Crippen LogP contribution in [0.5, 0.6) is 5.75 Å². The van der Waals surface area contributed by atoms with Crippen molar-refractivity contribution >= 4 is 11.6 Å². The number of tetrazole rings is 1. The number of methoxy groups -OCH3 is 1. The zero-order valence-corrected chi connectivity index (χ0v) is 17.0. The Labute approximate surface area is 170 Å². The number of likely N-dealkylation sites (N-methyl/N-ethyl adjacent to an activating group) is 1. The van der Waals surface area contributed by atoms with Crippen LogP contribution in [0, 0.1) is 6.92 Å². The van der Waals surface area contributed by atoms with Crippen LogP contribution in [0.15, 0.2) is 48.5 Å². The molecule has 3 rings (SSSR count). The highest BCUT2D eigenvalue weighted by Gasteiger charge is 2.11. The Bertz CT molecular complexity index is 956. The van der Waals surface area contributed by atoms with Crippen molar-refractivity contribution in [2.24, 2.45) is 0 Å². The van der Waals surface area contributed by atoms with Gasteiger partial charge in [-0.2, -0.15) is 4.80 Å². The Morgan fingerprint density at radius 1 is 1.21 bits per heavy atom. The number of carbonyl (C=O) groups excluding carboxylic acids is 1. The van der Waals surface area contributed by atoms with E-state index in [1.165, 1.54) is 10.4 Å². The van der Waals surface area contributed by atoms with Crippen LogP contribution in [0.1, 0.15) is 12.5 Å². The standard InChI is InChI=1S/C21H26N6O2/c1-4-26(18-9-5-7-16(2)13-18)12-11-22-20(28)15-27-24-21(23-25-27)17-8-6-10-19(14-17)29-3/h5-10,13-14H,4,11-12,15H2,1-3H3,(H,22,28). The maximum Gasteiger partial charge on any atom is 0.243 e. The SMILES string of the molecule is CCN(CCNC(=O)Cn1nnc(-c2cccc(OC)c2)n1)c1cccc(C)c1. The number of carbonyl (C=O) groups is 1. The number of nitrogens with one attached hydrogen (secondary N) is 1. The van der Waals surface area contributed by atoms with E-state index < -0.39 is 0 Å². The van der Waals surface area contributed by atoms with Crippen molar-refractivity contribution in [3.63, 3.8) is 0 Å². The number of nitrogens with zero attached hydrogens (tertiary/aromatic N) is 5. The molecule has 2 aromatic carbocycles. The molecular formula is C21H26N6O2. The monoisotopic (exact) mass is 394 g/mol. The van der Waals surface area contributed by atoms with E-state index in [9.17, 15) is 4.79 Å². The van der Waals surface area contributed by atoms with Gasteiger partial charge in [-0.3, -0.25) is 4.79 Å². The highest BCUT2D eigenvalue weighted by Crippen LogP contribution is 2.19. The molecule has 8 nitrogen and oxygen atoms in total. The van der Waals surface area contributed by atoms with Crippen LogP contribution >= 0.6 is 0 Å². The van der Waals surface area contributed by atoms with Crippen molar-refractivity contribution < 1.29 is 9.53 Å². The first-order valence-electron chi connectivity index (χ1n) is 9.59. The summed E-state index contributed by atoms with van der Waals surface area (Å²) in [5.74, 6) is 1.01. The van der Waals surface area contributed by atoms with Crippen molar-refractivity contribution in [1.29, 1.82) is 0 Å². The smallest absolute Gasteiger partial charge is 0.243 e. The van der Waals surface area contributed by atoms with Crippen LogP contribution in [-0.2, 0) is 11.3 Å². The van der Waals surface area contributed by atoms with E-state index in [1.54, 1.807) is 7.11 Å². The van der Waals surface area contributed by atoms with E-state index in [-0.39, 0.29) is 12.5 Å².